The molecule has 0 saturated carbocycles. The second kappa shape index (κ2) is 7.23. The highest BCUT2D eigenvalue weighted by molar-refractivity contribution is 7.25. The van der Waals surface area contributed by atoms with Gasteiger partial charge in [0.2, 0.25) is 0 Å². The fourth-order valence-corrected chi connectivity index (χ4v) is 6.97. The van der Waals surface area contributed by atoms with E-state index in [0.717, 1.165) is 17.5 Å². The summed E-state index contributed by atoms with van der Waals surface area (Å²) in [6.07, 6.45) is 1.11. The van der Waals surface area contributed by atoms with Crippen molar-refractivity contribution in [1.29, 1.82) is 0 Å². The molecule has 1 N–H and O–H groups in total. The quantitative estimate of drug-likeness (QED) is 0.650. The highest BCUT2D eigenvalue weighted by Crippen LogP contribution is 2.35. The average molecular weight is 347 g/mol. The Bertz CT molecular complexity index is 613. The summed E-state index contributed by atoms with van der Waals surface area (Å²) in [5.41, 5.74) is 3.58. The fourth-order valence-electron chi connectivity index (χ4n) is 3.01. The molecule has 3 heteroatoms. The van der Waals surface area contributed by atoms with Crippen molar-refractivity contribution in [2.24, 2.45) is 0 Å². The minimum atomic E-state index is -1.36. The van der Waals surface area contributed by atoms with Crippen LogP contribution in [0, 0.1) is 0 Å². The van der Waals surface area contributed by atoms with Crippen molar-refractivity contribution in [2.75, 3.05) is 0 Å². The largest absolute Gasteiger partial charge is 0.507 e. The number of benzene rings is 1. The Morgan fingerprint density at radius 3 is 2.04 bits per heavy atom. The van der Waals surface area contributed by atoms with E-state index in [1.807, 2.05) is 11.3 Å². The predicted octanol–water partition coefficient (Wildman–Crippen LogP) is 5.86. The number of thiophene rings is 1. The Hall–Kier alpha value is -1.06. The topological polar surface area (TPSA) is 20.2 Å². The third-order valence-electron chi connectivity index (χ3n) is 4.70. The number of rotatable bonds is 6. The molecule has 1 aromatic carbocycles. The molecule has 23 heavy (non-hydrogen) atoms. The molecule has 0 bridgehead atoms. The molecular formula is C20H30OSSi. The summed E-state index contributed by atoms with van der Waals surface area (Å²) in [5, 5.41) is 12.7. The van der Waals surface area contributed by atoms with Gasteiger partial charge < -0.3 is 5.11 Å². The van der Waals surface area contributed by atoms with E-state index in [9.17, 15) is 5.11 Å². The number of hydrogen-bond acceptors (Lipinski definition) is 2. The molecule has 0 aliphatic heterocycles. The van der Waals surface area contributed by atoms with E-state index in [1.54, 1.807) is 4.50 Å². The second-order valence-electron chi connectivity index (χ2n) is 7.79. The number of phenolic OH excluding ortho intramolecular Hbond substituents is 1. The van der Waals surface area contributed by atoms with Gasteiger partial charge in [0, 0.05) is 0 Å². The van der Waals surface area contributed by atoms with Gasteiger partial charge in [-0.15, -0.1) is 0 Å². The van der Waals surface area contributed by atoms with Crippen molar-refractivity contribution in [2.45, 2.75) is 65.1 Å². The molecule has 1 heterocycles. The summed E-state index contributed by atoms with van der Waals surface area (Å²) in [7, 11) is -1.36. The van der Waals surface area contributed by atoms with Crippen LogP contribution in [0.1, 0.15) is 56.2 Å². The van der Waals surface area contributed by atoms with Crippen molar-refractivity contribution in [3.8, 4) is 5.75 Å². The number of hydrogen-bond donors (Lipinski definition) is 1. The van der Waals surface area contributed by atoms with Gasteiger partial charge in [-0.25, -0.2) is 0 Å². The van der Waals surface area contributed by atoms with Crippen molar-refractivity contribution in [3.05, 3.63) is 46.3 Å². The van der Waals surface area contributed by atoms with Crippen LogP contribution >= 0.6 is 11.3 Å². The van der Waals surface area contributed by atoms with Crippen LogP contribution in [0.3, 0.4) is 0 Å². The smallest absolute Gasteiger partial charge is 0.122 e. The Morgan fingerprint density at radius 2 is 1.61 bits per heavy atom. The van der Waals surface area contributed by atoms with Gasteiger partial charge in [0.25, 0.3) is 0 Å². The van der Waals surface area contributed by atoms with Crippen LogP contribution in [-0.2, 0) is 6.42 Å². The van der Waals surface area contributed by atoms with Crippen LogP contribution in [0.4, 0.5) is 0 Å². The fraction of sp³-hybridized carbons (Fsp3) is 0.500. The molecule has 0 aliphatic carbocycles. The summed E-state index contributed by atoms with van der Waals surface area (Å²) >= 11 is 1.91. The Labute approximate surface area is 146 Å². The third kappa shape index (κ3) is 4.27. The van der Waals surface area contributed by atoms with Crippen molar-refractivity contribution >= 4 is 23.9 Å². The van der Waals surface area contributed by atoms with E-state index in [2.05, 4.69) is 70.4 Å². The molecule has 0 radical (unpaired) electrons. The Kier molecular flexibility index (Phi) is 5.74. The van der Waals surface area contributed by atoms with E-state index in [0.29, 0.717) is 17.6 Å². The lowest BCUT2D eigenvalue weighted by Crippen LogP contribution is -2.39. The van der Waals surface area contributed by atoms with E-state index in [1.165, 1.54) is 11.6 Å². The van der Waals surface area contributed by atoms with Gasteiger partial charge in [-0.2, -0.15) is 11.3 Å². The number of aromatic hydroxyl groups is 1. The highest BCUT2D eigenvalue weighted by atomic mass is 32.1. The third-order valence-corrected chi connectivity index (χ3v) is 10.4. The van der Waals surface area contributed by atoms with Crippen LogP contribution in [0.25, 0.3) is 0 Å². The molecule has 0 aliphatic rings. The van der Waals surface area contributed by atoms with Gasteiger partial charge in [-0.1, -0.05) is 65.1 Å². The minimum absolute atomic E-state index is 0.356. The average Bonchev–Trinajstić information content (AvgIpc) is 3.00. The molecule has 2 rings (SSSR count). The number of aryl methyl sites for hydroxylation is 1. The lowest BCUT2D eigenvalue weighted by Gasteiger charge is -2.22. The first-order chi connectivity index (χ1) is 10.7. The first-order valence-corrected chi connectivity index (χ1v) is 12.7. The maximum Gasteiger partial charge on any atom is 0.122 e. The van der Waals surface area contributed by atoms with E-state index in [-0.39, 0.29) is 0 Å². The molecule has 0 amide bonds. The molecule has 2 aromatic rings. The first kappa shape index (κ1) is 18.3. The van der Waals surface area contributed by atoms with Gasteiger partial charge in [0.1, 0.15) is 5.75 Å². The van der Waals surface area contributed by atoms with E-state index >= 15 is 0 Å². The summed E-state index contributed by atoms with van der Waals surface area (Å²) < 4.78 is 1.59. The van der Waals surface area contributed by atoms with Crippen molar-refractivity contribution in [1.82, 2.24) is 0 Å². The highest BCUT2D eigenvalue weighted by Gasteiger charge is 2.24. The molecule has 0 atom stereocenters. The lowest BCUT2D eigenvalue weighted by molar-refractivity contribution is 0.454. The number of phenols is 1. The van der Waals surface area contributed by atoms with Crippen LogP contribution in [-0.4, -0.2) is 13.2 Å². The standard InChI is InChI=1S/C20H30OSSi/c1-14(2)17-12-16(13-18(15(3)4)20(17)21)9-11-23(5,6)19-8-7-10-22-19/h7-8,10,12-15,21H,9,11H2,1-6H3. The van der Waals surface area contributed by atoms with Gasteiger partial charge in [-0.3, -0.25) is 0 Å². The van der Waals surface area contributed by atoms with Crippen LogP contribution in [0.15, 0.2) is 29.6 Å². The summed E-state index contributed by atoms with van der Waals surface area (Å²) in [6, 6.07) is 10.2. The van der Waals surface area contributed by atoms with Crippen LogP contribution in [0.2, 0.25) is 19.1 Å². The summed E-state index contributed by atoms with van der Waals surface area (Å²) in [4.78, 5) is 0. The Morgan fingerprint density at radius 1 is 1.04 bits per heavy atom. The molecule has 126 valence electrons. The minimum Gasteiger partial charge on any atom is -0.507 e. The maximum atomic E-state index is 10.5. The molecule has 0 saturated heterocycles. The zero-order valence-corrected chi connectivity index (χ0v) is 17.1. The van der Waals surface area contributed by atoms with Gasteiger partial charge in [0.15, 0.2) is 0 Å². The van der Waals surface area contributed by atoms with Crippen molar-refractivity contribution in [3.63, 3.8) is 0 Å². The molecule has 1 nitrogen and oxygen atoms in total. The van der Waals surface area contributed by atoms with Crippen molar-refractivity contribution < 1.29 is 5.11 Å². The van der Waals surface area contributed by atoms with E-state index in [4.69, 9.17) is 0 Å². The van der Waals surface area contributed by atoms with Gasteiger partial charge in [0.05, 0.1) is 8.07 Å². The zero-order valence-electron chi connectivity index (χ0n) is 15.3. The molecule has 0 spiro atoms. The van der Waals surface area contributed by atoms with Gasteiger partial charge in [-0.05, 0) is 50.9 Å². The molecule has 0 fully saturated rings. The zero-order chi connectivity index (χ0) is 17.2. The summed E-state index contributed by atoms with van der Waals surface area (Å²) in [5.74, 6) is 1.22. The monoisotopic (exact) mass is 346 g/mol. The van der Waals surface area contributed by atoms with Crippen LogP contribution < -0.4 is 4.50 Å². The molecule has 1 aromatic heterocycles. The Balaban J connectivity index is 2.26. The SMILES string of the molecule is CC(C)c1cc(CC[Si](C)(C)c2cccs2)cc(C(C)C)c1O. The predicted molar refractivity (Wildman–Crippen MR) is 106 cm³/mol. The normalized spacial score (nSPS) is 12.3. The second-order valence-corrected chi connectivity index (χ2v) is 13.9. The maximum absolute atomic E-state index is 10.5. The molecule has 0 unspecified atom stereocenters. The van der Waals surface area contributed by atoms with E-state index < -0.39 is 8.07 Å². The lowest BCUT2D eigenvalue weighted by atomic mass is 9.91. The van der Waals surface area contributed by atoms with Crippen LogP contribution in [0.5, 0.6) is 5.75 Å². The van der Waals surface area contributed by atoms with Gasteiger partial charge >= 0.3 is 0 Å². The molecular weight excluding hydrogens is 316 g/mol. The summed E-state index contributed by atoms with van der Waals surface area (Å²) in [6.45, 7) is 13.6. The first-order valence-electron chi connectivity index (χ1n) is 8.62.